The van der Waals surface area contributed by atoms with Crippen molar-refractivity contribution in [2.75, 3.05) is 47.5 Å². The van der Waals surface area contributed by atoms with E-state index in [2.05, 4.69) is 38.2 Å². The number of carbonyl (C=O) groups is 2. The lowest BCUT2D eigenvalue weighted by Gasteiger charge is -2.24. The van der Waals surface area contributed by atoms with E-state index in [0.717, 1.165) is 44.9 Å². The summed E-state index contributed by atoms with van der Waals surface area (Å²) in [6.45, 7) is 4.50. The average Bonchev–Trinajstić information content (AvgIpc) is 3.45. The van der Waals surface area contributed by atoms with E-state index in [1.54, 1.807) is 0 Å². The van der Waals surface area contributed by atoms with Gasteiger partial charge in [0, 0.05) is 12.8 Å². The van der Waals surface area contributed by atoms with E-state index in [1.165, 1.54) is 302 Å². The molecule has 0 fully saturated rings. The van der Waals surface area contributed by atoms with Gasteiger partial charge in [0.1, 0.15) is 19.8 Å². The van der Waals surface area contributed by atoms with Gasteiger partial charge in [-0.2, -0.15) is 0 Å². The number of phosphoric ester groups is 1. The molecular weight excluding hydrogens is 1040 g/mol. The number of allylic oxidation sites excluding steroid dienone is 4. The summed E-state index contributed by atoms with van der Waals surface area (Å²) < 4.78 is 34.7. The van der Waals surface area contributed by atoms with Gasteiger partial charge in [-0.15, -0.1) is 0 Å². The van der Waals surface area contributed by atoms with E-state index >= 15 is 0 Å². The van der Waals surface area contributed by atoms with Gasteiger partial charge in [0.25, 0.3) is 0 Å². The Kier molecular flexibility index (Phi) is 62.8. The molecule has 0 aromatic rings. The Bertz CT molecular complexity index is 1430. The van der Waals surface area contributed by atoms with Gasteiger partial charge >= 0.3 is 19.8 Å². The van der Waals surface area contributed by atoms with Crippen molar-refractivity contribution < 1.29 is 42.1 Å². The van der Waals surface area contributed by atoms with Gasteiger partial charge < -0.3 is 18.9 Å². The monoisotopic (exact) mass is 1180 g/mol. The number of rotatable bonds is 68. The number of carbonyl (C=O) groups excluding carboxylic acids is 2. The molecule has 486 valence electrons. The van der Waals surface area contributed by atoms with Crippen molar-refractivity contribution in [1.82, 2.24) is 0 Å². The van der Waals surface area contributed by atoms with Gasteiger partial charge in [-0.1, -0.05) is 340 Å². The highest BCUT2D eigenvalue weighted by Gasteiger charge is 2.27. The molecule has 1 N–H and O–H groups in total. The Morgan fingerprint density at radius 1 is 0.378 bits per heavy atom. The highest BCUT2D eigenvalue weighted by Crippen LogP contribution is 2.43. The van der Waals surface area contributed by atoms with Crippen molar-refractivity contribution in [3.8, 4) is 0 Å². The SMILES string of the molecule is CCCCCCC/C=C\C/C=C\CCCCCCCCCCCCCCCCCCCCCCCCCCCCCCCC(=O)OC(COC(=O)CCCCCCCCCCCCCCCCCCC)COP(=O)(O)OCC[N+](C)(C)C. The minimum Gasteiger partial charge on any atom is -0.462 e. The zero-order valence-corrected chi connectivity index (χ0v) is 56.4. The molecule has 0 radical (unpaired) electrons. The fourth-order valence-electron chi connectivity index (χ4n) is 10.9. The molecule has 2 atom stereocenters. The summed E-state index contributed by atoms with van der Waals surface area (Å²) in [5, 5.41) is 0. The molecule has 0 heterocycles. The van der Waals surface area contributed by atoms with Gasteiger partial charge in [-0.05, 0) is 44.9 Å². The van der Waals surface area contributed by atoms with Crippen LogP contribution in [-0.2, 0) is 32.7 Å². The molecule has 0 rings (SSSR count). The summed E-state index contributed by atoms with van der Waals surface area (Å²) in [6, 6.07) is 0. The van der Waals surface area contributed by atoms with Crippen molar-refractivity contribution in [3.05, 3.63) is 24.3 Å². The third kappa shape index (κ3) is 67.6. The molecule has 0 aromatic carbocycles. The van der Waals surface area contributed by atoms with Gasteiger partial charge in [-0.25, -0.2) is 4.57 Å². The Morgan fingerprint density at radius 3 is 0.963 bits per heavy atom. The van der Waals surface area contributed by atoms with E-state index in [9.17, 15) is 19.0 Å². The second-order valence-electron chi connectivity index (χ2n) is 26.0. The molecule has 0 aliphatic rings. The maximum Gasteiger partial charge on any atom is 0.472 e. The molecule has 9 nitrogen and oxygen atoms in total. The number of quaternary nitrogens is 1. The standard InChI is InChI=1S/C72H140NO8P/c1-6-8-10-12-14-16-18-20-22-24-25-26-27-28-29-30-31-32-33-34-35-36-37-38-39-40-41-42-43-44-45-46-47-49-51-53-55-57-59-61-63-65-72(75)81-70(69-80-82(76,77)79-67-66-73(3,4)5)68-78-71(74)64-62-60-58-56-54-52-50-48-23-21-19-17-15-13-11-9-7-2/h18,20,24-25,70H,6-17,19,21-23,26-69H2,1-5H3/p+1/b20-18-,25-24-. The van der Waals surface area contributed by atoms with Crippen LogP contribution in [0.4, 0.5) is 0 Å². The van der Waals surface area contributed by atoms with Gasteiger partial charge in [-0.3, -0.25) is 18.6 Å². The first-order chi connectivity index (χ1) is 40.0. The summed E-state index contributed by atoms with van der Waals surface area (Å²) in [4.78, 5) is 35.8. The predicted molar refractivity (Wildman–Crippen MR) is 354 cm³/mol. The van der Waals surface area contributed by atoms with Crippen LogP contribution in [0, 0.1) is 0 Å². The summed E-state index contributed by atoms with van der Waals surface area (Å²) in [5.74, 6) is -0.772. The largest absolute Gasteiger partial charge is 0.472 e. The maximum absolute atomic E-state index is 12.9. The molecular formula is C72H141NO8P+. The molecule has 0 aromatic heterocycles. The quantitative estimate of drug-likeness (QED) is 0.0211. The van der Waals surface area contributed by atoms with Crippen molar-refractivity contribution in [3.63, 3.8) is 0 Å². The van der Waals surface area contributed by atoms with E-state index in [4.69, 9.17) is 18.5 Å². The molecule has 10 heteroatoms. The number of hydrogen-bond acceptors (Lipinski definition) is 7. The fraction of sp³-hybridized carbons (Fsp3) is 0.917. The summed E-state index contributed by atoms with van der Waals surface area (Å²) in [6.07, 6.45) is 80.3. The van der Waals surface area contributed by atoms with Crippen LogP contribution in [0.3, 0.4) is 0 Å². The number of nitrogens with zero attached hydrogens (tertiary/aromatic N) is 1. The van der Waals surface area contributed by atoms with Gasteiger partial charge in [0.2, 0.25) is 0 Å². The van der Waals surface area contributed by atoms with Gasteiger partial charge in [0.05, 0.1) is 27.7 Å². The zero-order valence-electron chi connectivity index (χ0n) is 55.5. The third-order valence-electron chi connectivity index (χ3n) is 16.5. The number of ether oxygens (including phenoxy) is 2. The number of esters is 2. The molecule has 0 amide bonds. The molecule has 0 bridgehead atoms. The number of hydrogen-bond donors (Lipinski definition) is 1. The van der Waals surface area contributed by atoms with Crippen LogP contribution in [0.5, 0.6) is 0 Å². The van der Waals surface area contributed by atoms with Crippen molar-refractivity contribution in [2.24, 2.45) is 0 Å². The molecule has 0 spiro atoms. The number of phosphoric acid groups is 1. The second-order valence-corrected chi connectivity index (χ2v) is 27.4. The lowest BCUT2D eigenvalue weighted by molar-refractivity contribution is -0.870. The third-order valence-corrected chi connectivity index (χ3v) is 17.5. The minimum atomic E-state index is -4.38. The lowest BCUT2D eigenvalue weighted by atomic mass is 10.0. The Balaban J connectivity index is 3.84. The summed E-state index contributed by atoms with van der Waals surface area (Å²) >= 11 is 0. The molecule has 2 unspecified atom stereocenters. The fourth-order valence-corrected chi connectivity index (χ4v) is 11.7. The minimum absolute atomic E-state index is 0.0364. The van der Waals surface area contributed by atoms with Crippen molar-refractivity contribution >= 4 is 19.8 Å². The zero-order chi connectivity index (χ0) is 59.8. The van der Waals surface area contributed by atoms with Crippen LogP contribution in [0.2, 0.25) is 0 Å². The normalized spacial score (nSPS) is 13.2. The van der Waals surface area contributed by atoms with E-state index in [-0.39, 0.29) is 25.6 Å². The van der Waals surface area contributed by atoms with Crippen LogP contribution in [0.15, 0.2) is 24.3 Å². The Hall–Kier alpha value is -1.51. The molecule has 0 aliphatic carbocycles. The highest BCUT2D eigenvalue weighted by molar-refractivity contribution is 7.47. The van der Waals surface area contributed by atoms with Crippen LogP contribution in [-0.4, -0.2) is 74.9 Å². The predicted octanol–water partition coefficient (Wildman–Crippen LogP) is 23.3. The van der Waals surface area contributed by atoms with Crippen LogP contribution >= 0.6 is 7.82 Å². The molecule has 0 saturated carbocycles. The Labute approximate surface area is 510 Å². The summed E-state index contributed by atoms with van der Waals surface area (Å²) in [7, 11) is 1.50. The van der Waals surface area contributed by atoms with E-state index < -0.39 is 26.5 Å². The van der Waals surface area contributed by atoms with Crippen molar-refractivity contribution in [2.45, 2.75) is 380 Å². The first kappa shape index (κ1) is 80.5. The highest BCUT2D eigenvalue weighted by atomic mass is 31.2. The number of likely N-dealkylation sites (N-methyl/N-ethyl adjacent to an activating group) is 1. The molecule has 0 aliphatic heterocycles. The van der Waals surface area contributed by atoms with Crippen LogP contribution < -0.4 is 0 Å². The summed E-state index contributed by atoms with van der Waals surface area (Å²) in [5.41, 5.74) is 0. The number of unbranched alkanes of at least 4 members (excludes halogenated alkanes) is 50. The first-order valence-electron chi connectivity index (χ1n) is 36.1. The smallest absolute Gasteiger partial charge is 0.462 e. The Morgan fingerprint density at radius 2 is 0.659 bits per heavy atom. The maximum atomic E-state index is 12.9. The van der Waals surface area contributed by atoms with Crippen LogP contribution in [0.1, 0.15) is 373 Å². The topological polar surface area (TPSA) is 108 Å². The average molecular weight is 1180 g/mol. The molecule has 0 saturated heterocycles. The first-order valence-corrected chi connectivity index (χ1v) is 37.6. The van der Waals surface area contributed by atoms with Crippen molar-refractivity contribution in [1.29, 1.82) is 0 Å². The van der Waals surface area contributed by atoms with E-state index in [0.29, 0.717) is 17.4 Å². The second kappa shape index (κ2) is 64.0. The lowest BCUT2D eigenvalue weighted by Crippen LogP contribution is -2.37. The van der Waals surface area contributed by atoms with E-state index in [1.807, 2.05) is 21.1 Å². The molecule has 82 heavy (non-hydrogen) atoms. The van der Waals surface area contributed by atoms with Crippen LogP contribution in [0.25, 0.3) is 0 Å². The van der Waals surface area contributed by atoms with Gasteiger partial charge in [0.15, 0.2) is 6.10 Å².